The standard InChI is InChI=1S/C20H14ClF5N2/c21-15-5-6-18(28-11-15)19(27,10-12-3-1-2-4-17(12)23)13-7-14(20(24,25)26)9-16(22)8-13/h1-9,11H,10,27H2. The Kier molecular flexibility index (Phi) is 5.41. The van der Waals surface area contributed by atoms with Crippen LogP contribution in [-0.2, 0) is 18.1 Å². The summed E-state index contributed by atoms with van der Waals surface area (Å²) in [7, 11) is 0. The third-order valence-corrected chi connectivity index (χ3v) is 4.58. The van der Waals surface area contributed by atoms with Crippen LogP contribution in [-0.4, -0.2) is 4.98 Å². The lowest BCUT2D eigenvalue weighted by molar-refractivity contribution is -0.137. The molecule has 2 N–H and O–H groups in total. The number of alkyl halides is 3. The normalized spacial score (nSPS) is 14.0. The van der Waals surface area contributed by atoms with Crippen LogP contribution in [0.4, 0.5) is 22.0 Å². The van der Waals surface area contributed by atoms with E-state index in [2.05, 4.69) is 4.98 Å². The van der Waals surface area contributed by atoms with Crippen molar-refractivity contribution >= 4 is 11.6 Å². The third-order valence-electron chi connectivity index (χ3n) is 4.35. The average molecular weight is 413 g/mol. The number of nitrogens with two attached hydrogens (primary N) is 1. The van der Waals surface area contributed by atoms with Crippen molar-refractivity contribution in [3.8, 4) is 0 Å². The highest BCUT2D eigenvalue weighted by molar-refractivity contribution is 6.30. The van der Waals surface area contributed by atoms with Crippen molar-refractivity contribution in [1.29, 1.82) is 0 Å². The molecule has 1 aromatic heterocycles. The number of hydrogen-bond donors (Lipinski definition) is 1. The lowest BCUT2D eigenvalue weighted by atomic mass is 9.80. The van der Waals surface area contributed by atoms with Gasteiger partial charge in [0.1, 0.15) is 11.6 Å². The Bertz CT molecular complexity index is 989. The Morgan fingerprint density at radius 2 is 1.61 bits per heavy atom. The van der Waals surface area contributed by atoms with E-state index in [0.29, 0.717) is 6.07 Å². The predicted octanol–water partition coefficient (Wildman–Crippen LogP) is 5.48. The molecule has 0 fully saturated rings. The number of nitrogens with zero attached hydrogens (tertiary/aromatic N) is 1. The van der Waals surface area contributed by atoms with Crippen LogP contribution in [0.5, 0.6) is 0 Å². The van der Waals surface area contributed by atoms with E-state index in [-0.39, 0.29) is 28.3 Å². The zero-order chi connectivity index (χ0) is 20.5. The van der Waals surface area contributed by atoms with Crippen LogP contribution in [0, 0.1) is 11.6 Å². The van der Waals surface area contributed by atoms with Gasteiger partial charge in [-0.25, -0.2) is 8.78 Å². The fraction of sp³-hybridized carbons (Fsp3) is 0.150. The Balaban J connectivity index is 2.21. The predicted molar refractivity (Wildman–Crippen MR) is 95.7 cm³/mol. The van der Waals surface area contributed by atoms with E-state index in [9.17, 15) is 22.0 Å². The molecule has 8 heteroatoms. The molecule has 0 saturated carbocycles. The SMILES string of the molecule is NC(Cc1ccccc1F)(c1cc(F)cc(C(F)(F)F)c1)c1ccc(Cl)cn1. The van der Waals surface area contributed by atoms with Gasteiger partial charge in [0.25, 0.3) is 0 Å². The first kappa shape index (κ1) is 20.2. The van der Waals surface area contributed by atoms with Gasteiger partial charge in [0, 0.05) is 12.6 Å². The lowest BCUT2D eigenvalue weighted by Gasteiger charge is -2.31. The summed E-state index contributed by atoms with van der Waals surface area (Å²) < 4.78 is 67.8. The minimum Gasteiger partial charge on any atom is -0.316 e. The van der Waals surface area contributed by atoms with Crippen molar-refractivity contribution in [2.24, 2.45) is 5.73 Å². The number of hydrogen-bond acceptors (Lipinski definition) is 2. The van der Waals surface area contributed by atoms with Gasteiger partial charge in [-0.3, -0.25) is 4.98 Å². The van der Waals surface area contributed by atoms with Gasteiger partial charge in [-0.05, 0) is 47.5 Å². The molecule has 0 spiro atoms. The number of halogens is 6. The molecule has 28 heavy (non-hydrogen) atoms. The van der Waals surface area contributed by atoms with E-state index in [1.165, 1.54) is 36.5 Å². The Hall–Kier alpha value is -2.51. The highest BCUT2D eigenvalue weighted by Crippen LogP contribution is 2.36. The number of aromatic nitrogens is 1. The monoisotopic (exact) mass is 412 g/mol. The van der Waals surface area contributed by atoms with E-state index in [0.717, 1.165) is 12.1 Å². The molecule has 1 heterocycles. The van der Waals surface area contributed by atoms with E-state index in [1.54, 1.807) is 6.07 Å². The summed E-state index contributed by atoms with van der Waals surface area (Å²) in [6, 6.07) is 10.6. The van der Waals surface area contributed by atoms with Crippen molar-refractivity contribution in [2.45, 2.75) is 18.1 Å². The number of benzene rings is 2. The largest absolute Gasteiger partial charge is 0.416 e. The highest BCUT2D eigenvalue weighted by Gasteiger charge is 2.37. The number of pyridine rings is 1. The summed E-state index contributed by atoms with van der Waals surface area (Å²) in [4.78, 5) is 4.09. The van der Waals surface area contributed by atoms with Crippen LogP contribution in [0.25, 0.3) is 0 Å². The summed E-state index contributed by atoms with van der Waals surface area (Å²) in [6.07, 6.45) is -3.75. The zero-order valence-corrected chi connectivity index (χ0v) is 15.0. The molecule has 0 aliphatic rings. The Morgan fingerprint density at radius 1 is 0.929 bits per heavy atom. The number of rotatable bonds is 4. The fourth-order valence-corrected chi connectivity index (χ4v) is 3.05. The van der Waals surface area contributed by atoms with Gasteiger partial charge in [0.15, 0.2) is 0 Å². The summed E-state index contributed by atoms with van der Waals surface area (Å²) in [5, 5.41) is 0.284. The van der Waals surface area contributed by atoms with Crippen LogP contribution in [0.15, 0.2) is 60.8 Å². The van der Waals surface area contributed by atoms with Gasteiger partial charge in [-0.1, -0.05) is 29.8 Å². The fourth-order valence-electron chi connectivity index (χ4n) is 2.93. The summed E-state index contributed by atoms with van der Waals surface area (Å²) in [5.74, 6) is -1.69. The van der Waals surface area contributed by atoms with Crippen LogP contribution < -0.4 is 5.73 Å². The molecule has 0 bridgehead atoms. The third kappa shape index (κ3) is 4.15. The van der Waals surface area contributed by atoms with Crippen LogP contribution in [0.1, 0.15) is 22.4 Å². The molecule has 3 rings (SSSR count). The van der Waals surface area contributed by atoms with Gasteiger partial charge in [-0.15, -0.1) is 0 Å². The lowest BCUT2D eigenvalue weighted by Crippen LogP contribution is -2.41. The maximum atomic E-state index is 14.2. The second-order valence-electron chi connectivity index (χ2n) is 6.33. The maximum absolute atomic E-state index is 14.2. The molecule has 2 nitrogen and oxygen atoms in total. The molecule has 1 unspecified atom stereocenters. The quantitative estimate of drug-likeness (QED) is 0.576. The van der Waals surface area contributed by atoms with Gasteiger partial charge in [0.05, 0.1) is 21.8 Å². The highest BCUT2D eigenvalue weighted by atomic mass is 35.5. The molecule has 0 amide bonds. The first-order chi connectivity index (χ1) is 13.1. The van der Waals surface area contributed by atoms with Crippen LogP contribution >= 0.6 is 11.6 Å². The van der Waals surface area contributed by atoms with Gasteiger partial charge < -0.3 is 5.73 Å². The van der Waals surface area contributed by atoms with Crippen LogP contribution in [0.2, 0.25) is 5.02 Å². The summed E-state index contributed by atoms with van der Waals surface area (Å²) in [5.41, 5.74) is 3.64. The first-order valence-corrected chi connectivity index (χ1v) is 8.50. The zero-order valence-electron chi connectivity index (χ0n) is 14.3. The second kappa shape index (κ2) is 7.48. The van der Waals surface area contributed by atoms with E-state index in [1.807, 2.05) is 0 Å². The molecule has 1 atom stereocenters. The van der Waals surface area contributed by atoms with Gasteiger partial charge >= 0.3 is 6.18 Å². The molecule has 0 aliphatic carbocycles. The topological polar surface area (TPSA) is 38.9 Å². The molecule has 3 aromatic rings. The minimum atomic E-state index is -4.77. The van der Waals surface area contributed by atoms with Crippen molar-refractivity contribution in [3.05, 3.63) is 99.8 Å². The molecule has 0 aliphatic heterocycles. The van der Waals surface area contributed by atoms with E-state index < -0.39 is 28.9 Å². The molecule has 2 aromatic carbocycles. The maximum Gasteiger partial charge on any atom is 0.416 e. The van der Waals surface area contributed by atoms with Gasteiger partial charge in [-0.2, -0.15) is 13.2 Å². The molecule has 0 saturated heterocycles. The summed E-state index contributed by atoms with van der Waals surface area (Å²) >= 11 is 5.83. The molecule has 146 valence electrons. The van der Waals surface area contributed by atoms with Crippen LogP contribution in [0.3, 0.4) is 0 Å². The second-order valence-corrected chi connectivity index (χ2v) is 6.76. The van der Waals surface area contributed by atoms with E-state index >= 15 is 0 Å². The average Bonchev–Trinajstić information content (AvgIpc) is 2.63. The van der Waals surface area contributed by atoms with E-state index in [4.69, 9.17) is 17.3 Å². The van der Waals surface area contributed by atoms with Crippen molar-refractivity contribution < 1.29 is 22.0 Å². The Labute approximate surface area is 162 Å². The molecule has 0 radical (unpaired) electrons. The minimum absolute atomic E-state index is 0.124. The Morgan fingerprint density at radius 3 is 2.21 bits per heavy atom. The molecular weight excluding hydrogens is 399 g/mol. The first-order valence-electron chi connectivity index (χ1n) is 8.12. The van der Waals surface area contributed by atoms with Crippen molar-refractivity contribution in [3.63, 3.8) is 0 Å². The smallest absolute Gasteiger partial charge is 0.316 e. The molecular formula is C20H14ClF5N2. The van der Waals surface area contributed by atoms with Gasteiger partial charge in [0.2, 0.25) is 0 Å². The van der Waals surface area contributed by atoms with Crippen molar-refractivity contribution in [2.75, 3.05) is 0 Å². The summed E-state index contributed by atoms with van der Waals surface area (Å²) in [6.45, 7) is 0. The van der Waals surface area contributed by atoms with Crippen molar-refractivity contribution in [1.82, 2.24) is 4.98 Å².